The maximum Gasteiger partial charge on any atom is 0.139 e. The van der Waals surface area contributed by atoms with E-state index in [0.717, 1.165) is 0 Å². The molecule has 1 saturated heterocycles. The Labute approximate surface area is 58.4 Å². The van der Waals surface area contributed by atoms with Crippen molar-refractivity contribution in [2.75, 3.05) is 6.61 Å². The topological polar surface area (TPSA) is 69.9 Å². The van der Waals surface area contributed by atoms with Gasteiger partial charge in [0.25, 0.3) is 0 Å². The first-order valence-electron chi connectivity index (χ1n) is 2.98. The Morgan fingerprint density at radius 3 is 2.50 bits per heavy atom. The van der Waals surface area contributed by atoms with Gasteiger partial charge in [-0.25, -0.2) is 0 Å². The Balaban J connectivity index is 2.60. The van der Waals surface area contributed by atoms with Crippen LogP contribution in [0.25, 0.3) is 0 Å². The third kappa shape index (κ3) is 1.13. The SMILES string of the molecule is C=C1OC[C@@H](O)[C@@H](O)[C@@H]1O. The van der Waals surface area contributed by atoms with E-state index in [2.05, 4.69) is 6.58 Å². The fraction of sp³-hybridized carbons (Fsp3) is 0.667. The molecular formula is C6H10O4. The molecule has 0 aromatic carbocycles. The van der Waals surface area contributed by atoms with Gasteiger partial charge in [0.1, 0.15) is 30.7 Å². The number of hydrogen-bond acceptors (Lipinski definition) is 4. The predicted octanol–water partition coefficient (Wildman–Crippen LogP) is -1.39. The van der Waals surface area contributed by atoms with E-state index in [1.165, 1.54) is 0 Å². The molecular weight excluding hydrogens is 136 g/mol. The number of rotatable bonds is 0. The molecule has 1 rings (SSSR count). The summed E-state index contributed by atoms with van der Waals surface area (Å²) in [4.78, 5) is 0. The van der Waals surface area contributed by atoms with Gasteiger partial charge in [-0.05, 0) is 0 Å². The van der Waals surface area contributed by atoms with Crippen molar-refractivity contribution < 1.29 is 20.1 Å². The summed E-state index contributed by atoms with van der Waals surface area (Å²) in [6, 6.07) is 0. The summed E-state index contributed by atoms with van der Waals surface area (Å²) in [6.45, 7) is 3.33. The average Bonchev–Trinajstić information content (AvgIpc) is 1.93. The van der Waals surface area contributed by atoms with Gasteiger partial charge in [0.15, 0.2) is 0 Å². The van der Waals surface area contributed by atoms with Crippen LogP contribution >= 0.6 is 0 Å². The maximum atomic E-state index is 8.98. The minimum atomic E-state index is -1.17. The van der Waals surface area contributed by atoms with Crippen molar-refractivity contribution in [3.8, 4) is 0 Å². The van der Waals surface area contributed by atoms with Gasteiger partial charge in [0.2, 0.25) is 0 Å². The summed E-state index contributed by atoms with van der Waals surface area (Å²) in [6.07, 6.45) is -3.34. The quantitative estimate of drug-likeness (QED) is 0.393. The zero-order chi connectivity index (χ0) is 7.72. The number of hydrogen-bond donors (Lipinski definition) is 3. The third-order valence-electron chi connectivity index (χ3n) is 1.49. The minimum Gasteiger partial charge on any atom is -0.493 e. The number of ether oxygens (including phenoxy) is 1. The molecule has 1 aliphatic rings. The molecule has 58 valence electrons. The van der Waals surface area contributed by atoms with Crippen molar-refractivity contribution in [2.45, 2.75) is 18.3 Å². The first-order chi connectivity index (χ1) is 4.63. The van der Waals surface area contributed by atoms with Crippen molar-refractivity contribution in [1.82, 2.24) is 0 Å². The molecule has 1 fully saturated rings. The normalized spacial score (nSPS) is 41.1. The lowest BCUT2D eigenvalue weighted by molar-refractivity contribution is -0.118. The summed E-state index contributed by atoms with van der Waals surface area (Å²) in [5, 5.41) is 26.8. The van der Waals surface area contributed by atoms with E-state index in [-0.39, 0.29) is 12.4 Å². The van der Waals surface area contributed by atoms with Crippen molar-refractivity contribution in [3.63, 3.8) is 0 Å². The van der Waals surface area contributed by atoms with Gasteiger partial charge in [0, 0.05) is 0 Å². The maximum absolute atomic E-state index is 8.98. The van der Waals surface area contributed by atoms with Crippen molar-refractivity contribution in [2.24, 2.45) is 0 Å². The molecule has 4 nitrogen and oxygen atoms in total. The molecule has 4 heteroatoms. The zero-order valence-electron chi connectivity index (χ0n) is 5.40. The Kier molecular flexibility index (Phi) is 1.94. The second-order valence-corrected chi connectivity index (χ2v) is 2.28. The summed E-state index contributed by atoms with van der Waals surface area (Å²) < 4.78 is 4.72. The largest absolute Gasteiger partial charge is 0.493 e. The van der Waals surface area contributed by atoms with Crippen molar-refractivity contribution >= 4 is 0 Å². The van der Waals surface area contributed by atoms with Crippen LogP contribution in [0.15, 0.2) is 12.3 Å². The summed E-state index contributed by atoms with van der Waals surface area (Å²) in [5.41, 5.74) is 0. The molecule has 0 aromatic rings. The number of aliphatic hydroxyl groups is 3. The summed E-state index contributed by atoms with van der Waals surface area (Å²) in [7, 11) is 0. The Morgan fingerprint density at radius 1 is 1.40 bits per heavy atom. The van der Waals surface area contributed by atoms with Gasteiger partial charge in [-0.3, -0.25) is 0 Å². The van der Waals surface area contributed by atoms with Crippen LogP contribution in [-0.4, -0.2) is 40.2 Å². The van der Waals surface area contributed by atoms with Crippen LogP contribution in [-0.2, 0) is 4.74 Å². The zero-order valence-corrected chi connectivity index (χ0v) is 5.40. The minimum absolute atomic E-state index is 0.00292. The van der Waals surface area contributed by atoms with Gasteiger partial charge in [-0.1, -0.05) is 6.58 Å². The second-order valence-electron chi connectivity index (χ2n) is 2.28. The van der Waals surface area contributed by atoms with Crippen LogP contribution in [0.5, 0.6) is 0 Å². The highest BCUT2D eigenvalue weighted by Gasteiger charge is 2.32. The first-order valence-corrected chi connectivity index (χ1v) is 2.98. The molecule has 3 atom stereocenters. The molecule has 0 spiro atoms. The van der Waals surface area contributed by atoms with Crippen LogP contribution in [0, 0.1) is 0 Å². The van der Waals surface area contributed by atoms with E-state index in [1.807, 2.05) is 0 Å². The smallest absolute Gasteiger partial charge is 0.139 e. The highest BCUT2D eigenvalue weighted by Crippen LogP contribution is 2.16. The fourth-order valence-corrected chi connectivity index (χ4v) is 0.777. The van der Waals surface area contributed by atoms with Crippen LogP contribution < -0.4 is 0 Å². The molecule has 1 heterocycles. The van der Waals surface area contributed by atoms with E-state index < -0.39 is 18.3 Å². The molecule has 0 saturated carbocycles. The number of aliphatic hydroxyl groups excluding tert-OH is 3. The van der Waals surface area contributed by atoms with Gasteiger partial charge in [-0.2, -0.15) is 0 Å². The van der Waals surface area contributed by atoms with Crippen LogP contribution in [0.4, 0.5) is 0 Å². The lowest BCUT2D eigenvalue weighted by Crippen LogP contribution is -2.45. The van der Waals surface area contributed by atoms with Crippen LogP contribution in [0.2, 0.25) is 0 Å². The molecule has 0 unspecified atom stereocenters. The predicted molar refractivity (Wildman–Crippen MR) is 33.1 cm³/mol. The van der Waals surface area contributed by atoms with E-state index in [9.17, 15) is 0 Å². The Bertz CT molecular complexity index is 145. The first kappa shape index (κ1) is 7.53. The second kappa shape index (κ2) is 2.57. The third-order valence-corrected chi connectivity index (χ3v) is 1.49. The highest BCUT2D eigenvalue weighted by atomic mass is 16.5. The lowest BCUT2D eigenvalue weighted by atomic mass is 10.1. The van der Waals surface area contributed by atoms with E-state index in [0.29, 0.717) is 0 Å². The molecule has 1 aliphatic heterocycles. The molecule has 10 heavy (non-hydrogen) atoms. The van der Waals surface area contributed by atoms with Crippen molar-refractivity contribution in [1.29, 1.82) is 0 Å². The molecule has 0 radical (unpaired) electrons. The van der Waals surface area contributed by atoms with E-state index in [1.54, 1.807) is 0 Å². The molecule has 0 aliphatic carbocycles. The average molecular weight is 146 g/mol. The van der Waals surface area contributed by atoms with Crippen LogP contribution in [0.3, 0.4) is 0 Å². The Morgan fingerprint density at radius 2 is 2.00 bits per heavy atom. The van der Waals surface area contributed by atoms with Crippen LogP contribution in [0.1, 0.15) is 0 Å². The highest BCUT2D eigenvalue weighted by molar-refractivity contribution is 5.01. The van der Waals surface area contributed by atoms with Gasteiger partial charge in [0.05, 0.1) is 0 Å². The lowest BCUT2D eigenvalue weighted by Gasteiger charge is -2.29. The van der Waals surface area contributed by atoms with Gasteiger partial charge < -0.3 is 20.1 Å². The molecule has 3 N–H and O–H groups in total. The summed E-state index contributed by atoms with van der Waals surface area (Å²) in [5.74, 6) is 0.109. The molecule has 0 bridgehead atoms. The van der Waals surface area contributed by atoms with Gasteiger partial charge >= 0.3 is 0 Å². The van der Waals surface area contributed by atoms with Crippen molar-refractivity contribution in [3.05, 3.63) is 12.3 Å². The van der Waals surface area contributed by atoms with E-state index in [4.69, 9.17) is 20.1 Å². The standard InChI is InChI=1S/C6H10O4/c1-3-5(8)6(9)4(7)2-10-3/h4-9H,1-2H2/t4-,5-,6-/m1/s1. The summed E-state index contributed by atoms with van der Waals surface area (Å²) >= 11 is 0. The monoisotopic (exact) mass is 146 g/mol. The van der Waals surface area contributed by atoms with Gasteiger partial charge in [-0.15, -0.1) is 0 Å². The Hall–Kier alpha value is -0.580. The fourth-order valence-electron chi connectivity index (χ4n) is 0.777. The molecule has 0 amide bonds. The molecule has 0 aromatic heterocycles. The van der Waals surface area contributed by atoms with E-state index >= 15 is 0 Å².